The maximum absolute atomic E-state index is 12.3. The Morgan fingerprint density at radius 2 is 1.73 bits per heavy atom. The Bertz CT molecular complexity index is 847. The molecule has 0 atom stereocenters. The zero-order chi connectivity index (χ0) is 16.5. The molecule has 0 aliphatic rings. The summed E-state index contributed by atoms with van der Waals surface area (Å²) >= 11 is 5.96. The molecule has 0 aliphatic heterocycles. The highest BCUT2D eigenvalue weighted by molar-refractivity contribution is 7.92. The number of carbonyl (C=O) groups is 1. The van der Waals surface area contributed by atoms with Crippen molar-refractivity contribution in [2.45, 2.75) is 18.7 Å². The number of sulfonamides is 1. The first-order valence-electron chi connectivity index (χ1n) is 6.33. The molecule has 0 saturated carbocycles. The number of halogens is 1. The maximum atomic E-state index is 12.3. The Kier molecular flexibility index (Phi) is 4.44. The van der Waals surface area contributed by atoms with E-state index >= 15 is 0 Å². The van der Waals surface area contributed by atoms with Gasteiger partial charge in [0.1, 0.15) is 0 Å². The number of hydrogen-bond acceptors (Lipinski definition) is 3. The zero-order valence-electron chi connectivity index (χ0n) is 11.9. The van der Waals surface area contributed by atoms with Crippen LogP contribution in [0.1, 0.15) is 21.5 Å². The summed E-state index contributed by atoms with van der Waals surface area (Å²) in [4.78, 5) is 11.0. The molecule has 0 radical (unpaired) electrons. The molecule has 2 aromatic rings. The lowest BCUT2D eigenvalue weighted by Gasteiger charge is -2.10. The smallest absolute Gasteiger partial charge is 0.335 e. The van der Waals surface area contributed by atoms with Crippen LogP contribution < -0.4 is 4.72 Å². The van der Waals surface area contributed by atoms with Gasteiger partial charge in [-0.15, -0.1) is 0 Å². The van der Waals surface area contributed by atoms with Crippen molar-refractivity contribution in [1.82, 2.24) is 0 Å². The summed E-state index contributed by atoms with van der Waals surface area (Å²) < 4.78 is 27.1. The van der Waals surface area contributed by atoms with E-state index < -0.39 is 16.0 Å². The average molecular weight is 340 g/mol. The molecule has 116 valence electrons. The number of hydrogen-bond donors (Lipinski definition) is 2. The molecular weight excluding hydrogens is 326 g/mol. The normalized spacial score (nSPS) is 11.2. The minimum absolute atomic E-state index is 0.0511. The van der Waals surface area contributed by atoms with Crippen molar-refractivity contribution in [3.8, 4) is 0 Å². The van der Waals surface area contributed by atoms with E-state index in [1.165, 1.54) is 18.2 Å². The first-order valence-corrected chi connectivity index (χ1v) is 8.20. The van der Waals surface area contributed by atoms with E-state index in [1.807, 2.05) is 0 Å². The highest BCUT2D eigenvalue weighted by Crippen LogP contribution is 2.23. The van der Waals surface area contributed by atoms with Crippen LogP contribution in [0.25, 0.3) is 0 Å². The SMILES string of the molecule is Cc1ccc(NS(=O)(=O)c2ccc(C)c(C(=O)O)c2)cc1Cl. The first kappa shape index (κ1) is 16.3. The van der Waals surface area contributed by atoms with Gasteiger partial charge >= 0.3 is 5.97 Å². The third-order valence-corrected chi connectivity index (χ3v) is 4.96. The van der Waals surface area contributed by atoms with Gasteiger partial charge in [-0.2, -0.15) is 0 Å². The van der Waals surface area contributed by atoms with Crippen molar-refractivity contribution in [2.24, 2.45) is 0 Å². The largest absolute Gasteiger partial charge is 0.478 e. The average Bonchev–Trinajstić information content (AvgIpc) is 2.42. The Labute approximate surface area is 133 Å². The lowest BCUT2D eigenvalue weighted by Crippen LogP contribution is -2.14. The summed E-state index contributed by atoms with van der Waals surface area (Å²) in [5, 5.41) is 9.52. The van der Waals surface area contributed by atoms with Crippen LogP contribution in [0, 0.1) is 13.8 Å². The van der Waals surface area contributed by atoms with Gasteiger partial charge in [0.2, 0.25) is 0 Å². The molecule has 7 heteroatoms. The summed E-state index contributed by atoms with van der Waals surface area (Å²) in [7, 11) is -3.89. The highest BCUT2D eigenvalue weighted by atomic mass is 35.5. The quantitative estimate of drug-likeness (QED) is 0.893. The van der Waals surface area contributed by atoms with E-state index in [2.05, 4.69) is 4.72 Å². The fraction of sp³-hybridized carbons (Fsp3) is 0.133. The Hall–Kier alpha value is -2.05. The summed E-state index contributed by atoms with van der Waals surface area (Å²) in [5.74, 6) is -1.17. The van der Waals surface area contributed by atoms with Crippen LogP contribution in [0.4, 0.5) is 5.69 Å². The predicted octanol–water partition coefficient (Wildman–Crippen LogP) is 3.46. The fourth-order valence-electron chi connectivity index (χ4n) is 1.87. The number of benzene rings is 2. The number of rotatable bonds is 4. The number of aryl methyl sites for hydroxylation is 2. The summed E-state index contributed by atoms with van der Waals surface area (Å²) in [6.07, 6.45) is 0. The molecule has 0 aliphatic carbocycles. The van der Waals surface area contributed by atoms with Crippen LogP contribution in [-0.2, 0) is 10.0 Å². The van der Waals surface area contributed by atoms with E-state index in [-0.39, 0.29) is 10.5 Å². The summed E-state index contributed by atoms with van der Waals surface area (Å²) in [6, 6.07) is 8.74. The Morgan fingerprint density at radius 3 is 2.32 bits per heavy atom. The second-order valence-corrected chi connectivity index (χ2v) is 6.94. The first-order chi connectivity index (χ1) is 10.2. The van der Waals surface area contributed by atoms with Gasteiger partial charge in [0.05, 0.1) is 16.1 Å². The van der Waals surface area contributed by atoms with Crippen molar-refractivity contribution in [2.75, 3.05) is 4.72 Å². The Balaban J connectivity index is 2.40. The number of nitrogens with one attached hydrogen (secondary N) is 1. The molecule has 5 nitrogen and oxygen atoms in total. The topological polar surface area (TPSA) is 83.5 Å². The lowest BCUT2D eigenvalue weighted by atomic mass is 10.1. The van der Waals surface area contributed by atoms with E-state index in [9.17, 15) is 13.2 Å². The minimum atomic E-state index is -3.89. The van der Waals surface area contributed by atoms with E-state index in [0.29, 0.717) is 16.3 Å². The molecular formula is C15H14ClNO4S. The highest BCUT2D eigenvalue weighted by Gasteiger charge is 2.18. The van der Waals surface area contributed by atoms with Gasteiger partial charge in [-0.05, 0) is 49.2 Å². The fourth-order valence-corrected chi connectivity index (χ4v) is 3.12. The minimum Gasteiger partial charge on any atom is -0.478 e. The molecule has 0 bridgehead atoms. The second kappa shape index (κ2) is 5.98. The molecule has 0 spiro atoms. The molecule has 0 heterocycles. The van der Waals surface area contributed by atoms with Gasteiger partial charge in [-0.25, -0.2) is 13.2 Å². The van der Waals surface area contributed by atoms with Crippen LogP contribution in [-0.4, -0.2) is 19.5 Å². The Morgan fingerprint density at radius 1 is 1.09 bits per heavy atom. The number of carboxylic acids is 1. The molecule has 2 rings (SSSR count). The molecule has 0 saturated heterocycles. The molecule has 2 N–H and O–H groups in total. The predicted molar refractivity (Wildman–Crippen MR) is 85.1 cm³/mol. The summed E-state index contributed by atoms with van der Waals surface area (Å²) in [5.41, 5.74) is 1.58. The van der Waals surface area contributed by atoms with Crippen LogP contribution in [0.2, 0.25) is 5.02 Å². The van der Waals surface area contributed by atoms with Crippen molar-refractivity contribution in [1.29, 1.82) is 0 Å². The van der Waals surface area contributed by atoms with Crippen LogP contribution in [0.5, 0.6) is 0 Å². The van der Waals surface area contributed by atoms with Crippen molar-refractivity contribution < 1.29 is 18.3 Å². The van der Waals surface area contributed by atoms with Gasteiger partial charge in [-0.1, -0.05) is 23.7 Å². The zero-order valence-corrected chi connectivity index (χ0v) is 13.5. The van der Waals surface area contributed by atoms with Crippen molar-refractivity contribution in [3.05, 3.63) is 58.1 Å². The van der Waals surface area contributed by atoms with Gasteiger partial charge < -0.3 is 5.11 Å². The van der Waals surface area contributed by atoms with Crippen LogP contribution >= 0.6 is 11.6 Å². The standard InChI is InChI=1S/C15H14ClNO4S/c1-9-4-6-12(8-13(9)15(18)19)22(20,21)17-11-5-3-10(2)14(16)7-11/h3-8,17H,1-2H3,(H,18,19). The van der Waals surface area contributed by atoms with E-state index in [0.717, 1.165) is 11.6 Å². The van der Waals surface area contributed by atoms with E-state index in [4.69, 9.17) is 16.7 Å². The van der Waals surface area contributed by atoms with Gasteiger partial charge in [0.25, 0.3) is 10.0 Å². The van der Waals surface area contributed by atoms with Gasteiger partial charge in [0.15, 0.2) is 0 Å². The summed E-state index contributed by atoms with van der Waals surface area (Å²) in [6.45, 7) is 3.41. The number of carboxylic acid groups (broad SMARTS) is 1. The number of anilines is 1. The number of aromatic carboxylic acids is 1. The monoisotopic (exact) mass is 339 g/mol. The lowest BCUT2D eigenvalue weighted by molar-refractivity contribution is 0.0696. The molecule has 0 unspecified atom stereocenters. The van der Waals surface area contributed by atoms with Crippen molar-refractivity contribution in [3.63, 3.8) is 0 Å². The van der Waals surface area contributed by atoms with Gasteiger partial charge in [-0.3, -0.25) is 4.72 Å². The van der Waals surface area contributed by atoms with E-state index in [1.54, 1.807) is 26.0 Å². The van der Waals surface area contributed by atoms with Crippen LogP contribution in [0.3, 0.4) is 0 Å². The maximum Gasteiger partial charge on any atom is 0.335 e. The molecule has 22 heavy (non-hydrogen) atoms. The molecule has 2 aromatic carbocycles. The molecule has 0 amide bonds. The van der Waals surface area contributed by atoms with Crippen LogP contribution in [0.15, 0.2) is 41.3 Å². The van der Waals surface area contributed by atoms with Gasteiger partial charge in [0, 0.05) is 5.02 Å². The molecule has 0 aromatic heterocycles. The molecule has 0 fully saturated rings. The van der Waals surface area contributed by atoms with Crippen molar-refractivity contribution >= 4 is 33.3 Å². The third-order valence-electron chi connectivity index (χ3n) is 3.17. The second-order valence-electron chi connectivity index (χ2n) is 4.85. The third kappa shape index (κ3) is 3.40.